The van der Waals surface area contributed by atoms with Crippen molar-refractivity contribution in [3.8, 4) is 33.4 Å². The fourth-order valence-electron chi connectivity index (χ4n) is 7.25. The Morgan fingerprint density at radius 2 is 0.636 bits per heavy atom. The number of hydrogen-bond acceptors (Lipinski definition) is 0. The molecule has 0 atom stereocenters. The van der Waals surface area contributed by atoms with Crippen molar-refractivity contribution in [3.63, 3.8) is 0 Å². The normalized spacial score (nSPS) is 11.6. The highest BCUT2D eigenvalue weighted by atomic mass is 14.2. The van der Waals surface area contributed by atoms with E-state index in [0.717, 1.165) is 0 Å². The molecule has 0 N–H and O–H groups in total. The molecule has 0 spiro atoms. The first-order valence-electron chi connectivity index (χ1n) is 15.3. The van der Waals surface area contributed by atoms with E-state index in [4.69, 9.17) is 0 Å². The predicted octanol–water partition coefficient (Wildman–Crippen LogP) is 12.5. The molecule has 0 heteroatoms. The van der Waals surface area contributed by atoms with Crippen LogP contribution < -0.4 is 0 Å². The van der Waals surface area contributed by atoms with Gasteiger partial charge in [0.05, 0.1) is 0 Å². The lowest BCUT2D eigenvalue weighted by Gasteiger charge is -2.18. The van der Waals surface area contributed by atoms with Crippen molar-refractivity contribution >= 4 is 53.9 Å². The molecule has 0 bridgehead atoms. The van der Waals surface area contributed by atoms with Crippen LogP contribution >= 0.6 is 0 Å². The molecule has 0 amide bonds. The maximum atomic E-state index is 2.44. The van der Waals surface area contributed by atoms with E-state index in [9.17, 15) is 0 Å². The van der Waals surface area contributed by atoms with Gasteiger partial charge >= 0.3 is 0 Å². The Labute approximate surface area is 256 Å². The van der Waals surface area contributed by atoms with Crippen molar-refractivity contribution in [1.82, 2.24) is 0 Å². The number of benzene rings is 9. The van der Waals surface area contributed by atoms with Crippen molar-refractivity contribution in [2.75, 3.05) is 0 Å². The summed E-state index contributed by atoms with van der Waals surface area (Å²) in [6.45, 7) is 0. The topological polar surface area (TPSA) is 0 Å². The quantitative estimate of drug-likeness (QED) is 0.190. The predicted molar refractivity (Wildman–Crippen MR) is 190 cm³/mol. The summed E-state index contributed by atoms with van der Waals surface area (Å²) in [6.07, 6.45) is 0. The number of hydrogen-bond donors (Lipinski definition) is 0. The van der Waals surface area contributed by atoms with Crippen LogP contribution in [0.2, 0.25) is 0 Å². The molecular weight excluding hydrogens is 528 g/mol. The largest absolute Gasteiger partial charge is 0.0622 e. The van der Waals surface area contributed by atoms with E-state index in [2.05, 4.69) is 170 Å². The second kappa shape index (κ2) is 9.93. The summed E-state index contributed by atoms with van der Waals surface area (Å²) in [5, 5.41) is 13.1. The Balaban J connectivity index is 1.41. The molecule has 44 heavy (non-hydrogen) atoms. The SMILES string of the molecule is c1ccc(-c2ccc(-c3ccc4c5ccccc5c5c6ccccc6c6ccccc6c5c4c3)c(-c3ccccc3)c2)cc1. The maximum absolute atomic E-state index is 2.44. The Morgan fingerprint density at radius 3 is 1.20 bits per heavy atom. The van der Waals surface area contributed by atoms with E-state index < -0.39 is 0 Å². The van der Waals surface area contributed by atoms with Crippen LogP contribution in [-0.2, 0) is 0 Å². The van der Waals surface area contributed by atoms with Crippen LogP contribution in [0.15, 0.2) is 170 Å². The third-order valence-corrected chi connectivity index (χ3v) is 9.23. The Kier molecular flexibility index (Phi) is 5.61. The molecule has 0 aliphatic heterocycles. The maximum Gasteiger partial charge on any atom is -0.00137 e. The summed E-state index contributed by atoms with van der Waals surface area (Å²) in [6, 6.07) is 62.2. The van der Waals surface area contributed by atoms with Crippen molar-refractivity contribution in [1.29, 1.82) is 0 Å². The molecule has 0 aliphatic rings. The highest BCUT2D eigenvalue weighted by Gasteiger charge is 2.17. The fraction of sp³-hybridized carbons (Fsp3) is 0. The monoisotopic (exact) mass is 556 g/mol. The van der Waals surface area contributed by atoms with Crippen LogP contribution in [-0.4, -0.2) is 0 Å². The lowest BCUT2D eigenvalue weighted by atomic mass is 9.85. The molecule has 0 aromatic heterocycles. The van der Waals surface area contributed by atoms with Crippen molar-refractivity contribution in [2.24, 2.45) is 0 Å². The lowest BCUT2D eigenvalue weighted by Crippen LogP contribution is -1.90. The smallest absolute Gasteiger partial charge is 0.00137 e. The minimum atomic E-state index is 1.22. The highest BCUT2D eigenvalue weighted by Crippen LogP contribution is 2.45. The standard InChI is InChI=1S/C44H28/c1-3-13-29(14-4-1)31-23-25-33(41(27-31)30-15-5-2-6-16-30)32-24-26-37-36-19-9-11-21-39(36)43-38-20-10-7-17-34(38)35-18-8-12-22-40(35)44(43)42(37)28-32/h1-28H. The van der Waals surface area contributed by atoms with E-state index in [0.29, 0.717) is 0 Å². The molecule has 9 aromatic rings. The average Bonchev–Trinajstić information content (AvgIpc) is 3.11. The summed E-state index contributed by atoms with van der Waals surface area (Å²) in [7, 11) is 0. The van der Waals surface area contributed by atoms with Crippen LogP contribution in [0.4, 0.5) is 0 Å². The summed E-state index contributed by atoms with van der Waals surface area (Å²) in [5.74, 6) is 0. The molecule has 0 radical (unpaired) electrons. The molecule has 204 valence electrons. The van der Waals surface area contributed by atoms with Gasteiger partial charge in [-0.1, -0.05) is 158 Å². The van der Waals surface area contributed by atoms with E-state index >= 15 is 0 Å². The Morgan fingerprint density at radius 1 is 0.205 bits per heavy atom. The summed E-state index contributed by atoms with van der Waals surface area (Å²) in [4.78, 5) is 0. The third kappa shape index (κ3) is 3.78. The third-order valence-electron chi connectivity index (χ3n) is 9.23. The van der Waals surface area contributed by atoms with Crippen LogP contribution in [0.25, 0.3) is 87.2 Å². The fourth-order valence-corrected chi connectivity index (χ4v) is 7.25. The van der Waals surface area contributed by atoms with Gasteiger partial charge in [-0.15, -0.1) is 0 Å². The molecule has 0 saturated carbocycles. The zero-order valence-corrected chi connectivity index (χ0v) is 24.2. The molecule has 9 aromatic carbocycles. The van der Waals surface area contributed by atoms with E-state index in [-0.39, 0.29) is 0 Å². The number of fused-ring (bicyclic) bond motifs is 11. The molecule has 9 rings (SSSR count). The summed E-state index contributed by atoms with van der Waals surface area (Å²) >= 11 is 0. The molecule has 0 unspecified atom stereocenters. The summed E-state index contributed by atoms with van der Waals surface area (Å²) < 4.78 is 0. The first-order chi connectivity index (χ1) is 21.8. The highest BCUT2D eigenvalue weighted by molar-refractivity contribution is 6.39. The molecule has 0 fully saturated rings. The first kappa shape index (κ1) is 24.8. The molecule has 0 saturated heterocycles. The molecule has 0 nitrogen and oxygen atoms in total. The average molecular weight is 557 g/mol. The van der Waals surface area contributed by atoms with Crippen LogP contribution in [0.5, 0.6) is 0 Å². The van der Waals surface area contributed by atoms with Gasteiger partial charge in [-0.05, 0) is 99.4 Å². The molecular formula is C44H28. The second-order valence-electron chi connectivity index (χ2n) is 11.6. The van der Waals surface area contributed by atoms with Crippen LogP contribution in [0, 0.1) is 0 Å². The van der Waals surface area contributed by atoms with Gasteiger partial charge in [0, 0.05) is 0 Å². The van der Waals surface area contributed by atoms with Crippen molar-refractivity contribution in [2.45, 2.75) is 0 Å². The van der Waals surface area contributed by atoms with Gasteiger partial charge in [0.25, 0.3) is 0 Å². The van der Waals surface area contributed by atoms with Gasteiger partial charge < -0.3 is 0 Å². The van der Waals surface area contributed by atoms with E-state index in [1.807, 2.05) is 0 Å². The number of rotatable bonds is 3. The van der Waals surface area contributed by atoms with Gasteiger partial charge in [0.1, 0.15) is 0 Å². The van der Waals surface area contributed by atoms with Gasteiger partial charge in [0.2, 0.25) is 0 Å². The van der Waals surface area contributed by atoms with Crippen molar-refractivity contribution < 1.29 is 0 Å². The lowest BCUT2D eigenvalue weighted by molar-refractivity contribution is 1.57. The van der Waals surface area contributed by atoms with E-state index in [1.165, 1.54) is 87.2 Å². The van der Waals surface area contributed by atoms with Gasteiger partial charge in [0.15, 0.2) is 0 Å². The molecule has 0 heterocycles. The second-order valence-corrected chi connectivity index (χ2v) is 11.6. The zero-order chi connectivity index (χ0) is 29.0. The minimum absolute atomic E-state index is 1.22. The summed E-state index contributed by atoms with van der Waals surface area (Å²) in [5.41, 5.74) is 7.38. The van der Waals surface area contributed by atoms with Crippen LogP contribution in [0.1, 0.15) is 0 Å². The van der Waals surface area contributed by atoms with Gasteiger partial charge in [-0.3, -0.25) is 0 Å². The van der Waals surface area contributed by atoms with Crippen molar-refractivity contribution in [3.05, 3.63) is 170 Å². The Bertz CT molecular complexity index is 2510. The van der Waals surface area contributed by atoms with Gasteiger partial charge in [-0.25, -0.2) is 0 Å². The first-order valence-corrected chi connectivity index (χ1v) is 15.3. The molecule has 0 aliphatic carbocycles. The minimum Gasteiger partial charge on any atom is -0.0622 e. The zero-order valence-electron chi connectivity index (χ0n) is 24.2. The Hall–Kier alpha value is -5.72. The van der Waals surface area contributed by atoms with E-state index in [1.54, 1.807) is 0 Å². The van der Waals surface area contributed by atoms with Crippen LogP contribution in [0.3, 0.4) is 0 Å². The van der Waals surface area contributed by atoms with Gasteiger partial charge in [-0.2, -0.15) is 0 Å².